The molecule has 0 bridgehead atoms. The highest BCUT2D eigenvalue weighted by Crippen LogP contribution is 2.40. The molecular weight excluding hydrogens is 582 g/mol. The molecule has 0 spiro atoms. The first-order valence-corrected chi connectivity index (χ1v) is 16.6. The second-order valence-electron chi connectivity index (χ2n) is 13.8. The Kier molecular flexibility index (Phi) is 7.90. The maximum atomic E-state index is 13.7. The number of ether oxygens (including phenoxy) is 2. The van der Waals surface area contributed by atoms with Gasteiger partial charge in [0.25, 0.3) is 5.91 Å². The lowest BCUT2D eigenvalue weighted by Gasteiger charge is -2.61. The van der Waals surface area contributed by atoms with Gasteiger partial charge in [0.05, 0.1) is 36.3 Å². The first-order chi connectivity index (χ1) is 20.4. The molecule has 2 aromatic carbocycles. The Balaban J connectivity index is 1.38. The summed E-state index contributed by atoms with van der Waals surface area (Å²) in [6.45, 7) is 13.8. The summed E-state index contributed by atoms with van der Waals surface area (Å²) in [5, 5.41) is 3.91. The zero-order chi connectivity index (χ0) is 32.4. The third kappa shape index (κ3) is 6.23. The normalized spacial score (nSPS) is 18.7. The number of hydrogen-bond acceptors (Lipinski definition) is 7. The monoisotopic (exact) mass is 625 g/mol. The average Bonchev–Trinajstić information content (AvgIpc) is 3.21. The van der Waals surface area contributed by atoms with Crippen LogP contribution in [0.3, 0.4) is 0 Å². The smallest absolute Gasteiger partial charge is 0.410 e. The molecule has 5 rings (SSSR count). The van der Waals surface area contributed by atoms with E-state index in [4.69, 9.17) is 9.47 Å². The summed E-state index contributed by atoms with van der Waals surface area (Å²) < 4.78 is 39.8. The van der Waals surface area contributed by atoms with E-state index in [0.29, 0.717) is 24.5 Å². The summed E-state index contributed by atoms with van der Waals surface area (Å²) in [5.74, 6) is -0.121. The van der Waals surface area contributed by atoms with Crippen LogP contribution in [0.1, 0.15) is 63.2 Å². The van der Waals surface area contributed by atoms with E-state index in [1.165, 1.54) is 7.11 Å². The van der Waals surface area contributed by atoms with E-state index in [1.807, 2.05) is 77.4 Å². The summed E-state index contributed by atoms with van der Waals surface area (Å²) in [7, 11) is -0.294. The molecule has 12 heteroatoms. The molecule has 0 aliphatic carbocycles. The van der Waals surface area contributed by atoms with Gasteiger partial charge in [-0.25, -0.2) is 13.2 Å². The van der Waals surface area contributed by atoms with Crippen molar-refractivity contribution in [3.05, 3.63) is 53.2 Å². The highest BCUT2D eigenvalue weighted by Gasteiger charge is 2.54. The minimum atomic E-state index is -3.60. The molecule has 238 valence electrons. The number of anilines is 2. The molecule has 2 N–H and O–H groups in total. The van der Waals surface area contributed by atoms with Crippen molar-refractivity contribution >= 4 is 44.3 Å². The number of methoxy groups -OCH3 is 1. The number of fused-ring (bicyclic) bond motifs is 2. The minimum Gasteiger partial charge on any atom is -0.492 e. The predicted octanol–water partition coefficient (Wildman–Crippen LogP) is 4.91. The number of rotatable bonds is 7. The number of nitrogens with zero attached hydrogens (tertiary/aromatic N) is 3. The lowest BCUT2D eigenvalue weighted by Crippen LogP contribution is -2.79. The topological polar surface area (TPSA) is 122 Å². The number of piperazine rings is 1. The summed E-state index contributed by atoms with van der Waals surface area (Å²) in [6, 6.07) is 11.9. The molecule has 44 heavy (non-hydrogen) atoms. The molecule has 11 nitrogen and oxygen atoms in total. The van der Waals surface area contributed by atoms with Gasteiger partial charge in [0.15, 0.2) is 5.75 Å². The highest BCUT2D eigenvalue weighted by molar-refractivity contribution is 7.92. The van der Waals surface area contributed by atoms with Crippen molar-refractivity contribution in [2.75, 3.05) is 36.5 Å². The van der Waals surface area contributed by atoms with E-state index >= 15 is 0 Å². The van der Waals surface area contributed by atoms with Gasteiger partial charge >= 0.3 is 6.09 Å². The number of sulfonamides is 1. The lowest BCUT2D eigenvalue weighted by molar-refractivity contribution is -0.123. The Labute approximate surface area is 259 Å². The SMILES string of the molecule is COc1c(NC(=O)c2cc3cccc(CN4CC5C4CN5C(=O)OC(C)(C)C)c3n2C)cc(C(C)(C)C)cc1NS(C)(=O)=O. The molecule has 2 atom stereocenters. The summed E-state index contributed by atoms with van der Waals surface area (Å²) in [4.78, 5) is 30.4. The van der Waals surface area contributed by atoms with Gasteiger partial charge in [0.1, 0.15) is 11.3 Å². The van der Waals surface area contributed by atoms with Gasteiger partial charge in [0.2, 0.25) is 10.0 Å². The number of likely N-dealkylation sites (tertiary alicyclic amines) is 2. The first-order valence-electron chi connectivity index (χ1n) is 14.7. The van der Waals surface area contributed by atoms with Crippen molar-refractivity contribution in [2.24, 2.45) is 7.05 Å². The predicted molar refractivity (Wildman–Crippen MR) is 172 cm³/mol. The maximum Gasteiger partial charge on any atom is 0.410 e. The number of amides is 2. The van der Waals surface area contributed by atoms with Gasteiger partial charge < -0.3 is 24.3 Å². The largest absolute Gasteiger partial charge is 0.492 e. The number of carbonyl (C=O) groups excluding carboxylic acids is 2. The zero-order valence-electron chi connectivity index (χ0n) is 26.9. The molecule has 2 aliphatic rings. The fourth-order valence-corrected chi connectivity index (χ4v) is 6.51. The van der Waals surface area contributed by atoms with E-state index in [2.05, 4.69) is 21.0 Å². The number of benzene rings is 2. The maximum absolute atomic E-state index is 13.7. The quantitative estimate of drug-likeness (QED) is 0.383. The fourth-order valence-electron chi connectivity index (χ4n) is 5.96. The number of hydrogen-bond donors (Lipinski definition) is 2. The second kappa shape index (κ2) is 11.0. The third-order valence-electron chi connectivity index (χ3n) is 8.20. The lowest BCUT2D eigenvalue weighted by atomic mass is 9.85. The van der Waals surface area contributed by atoms with Gasteiger partial charge in [-0.3, -0.25) is 14.4 Å². The number of nitrogens with one attached hydrogen (secondary N) is 2. The molecule has 0 radical (unpaired) electrons. The molecule has 3 aromatic rings. The zero-order valence-corrected chi connectivity index (χ0v) is 27.8. The van der Waals surface area contributed by atoms with Crippen LogP contribution in [0.5, 0.6) is 5.75 Å². The molecule has 1 aromatic heterocycles. The standard InChI is InChI=1S/C32H43N5O6S/c1-31(2,3)21-14-22(28(42-8)23(15-21)34-44(9,40)41)33-29(38)24-13-19-11-10-12-20(27(19)35(24)7)16-36-17-26-25(36)18-37(26)30(39)43-32(4,5)6/h10-15,25-26,34H,16-18H2,1-9H3,(H,33,38). The van der Waals surface area contributed by atoms with Crippen LogP contribution in [0, 0.1) is 0 Å². The summed E-state index contributed by atoms with van der Waals surface area (Å²) in [5.41, 5.74) is 3.10. The van der Waals surface area contributed by atoms with Crippen molar-refractivity contribution in [3.63, 3.8) is 0 Å². The molecule has 2 unspecified atom stereocenters. The van der Waals surface area contributed by atoms with Crippen molar-refractivity contribution < 1.29 is 27.5 Å². The van der Waals surface area contributed by atoms with Crippen LogP contribution in [0.15, 0.2) is 36.4 Å². The molecule has 2 amide bonds. The number of aryl methyl sites for hydroxylation is 1. The van der Waals surface area contributed by atoms with Crippen LogP contribution in [0.2, 0.25) is 0 Å². The molecule has 3 heterocycles. The summed E-state index contributed by atoms with van der Waals surface area (Å²) in [6.07, 6.45) is 0.812. The van der Waals surface area contributed by atoms with Gasteiger partial charge in [0, 0.05) is 38.1 Å². The van der Waals surface area contributed by atoms with Crippen molar-refractivity contribution in [1.29, 1.82) is 0 Å². The van der Waals surface area contributed by atoms with Crippen molar-refractivity contribution in [2.45, 2.75) is 71.2 Å². The van der Waals surface area contributed by atoms with Crippen LogP contribution in [-0.2, 0) is 33.8 Å². The minimum absolute atomic E-state index is 0.166. The summed E-state index contributed by atoms with van der Waals surface area (Å²) >= 11 is 0. The van der Waals surface area contributed by atoms with Gasteiger partial charge in [-0.1, -0.05) is 39.0 Å². The highest BCUT2D eigenvalue weighted by atomic mass is 32.2. The fraction of sp³-hybridized carbons (Fsp3) is 0.500. The van der Waals surface area contributed by atoms with Crippen molar-refractivity contribution in [3.8, 4) is 5.75 Å². The Morgan fingerprint density at radius 1 is 1.00 bits per heavy atom. The van der Waals surface area contributed by atoms with Crippen molar-refractivity contribution in [1.82, 2.24) is 14.4 Å². The van der Waals surface area contributed by atoms with Crippen LogP contribution in [0.4, 0.5) is 16.2 Å². The van der Waals surface area contributed by atoms with Crippen LogP contribution >= 0.6 is 0 Å². The van der Waals surface area contributed by atoms with Gasteiger partial charge in [-0.05, 0) is 55.5 Å². The Hall–Kier alpha value is -3.77. The average molecular weight is 626 g/mol. The Morgan fingerprint density at radius 3 is 2.25 bits per heavy atom. The first kappa shape index (κ1) is 31.6. The number of aromatic nitrogens is 1. The second-order valence-corrected chi connectivity index (χ2v) is 15.6. The van der Waals surface area contributed by atoms with E-state index in [-0.39, 0.29) is 40.9 Å². The Bertz CT molecular complexity index is 1730. The van der Waals surface area contributed by atoms with Gasteiger partial charge in [-0.15, -0.1) is 0 Å². The van der Waals surface area contributed by atoms with Gasteiger partial charge in [-0.2, -0.15) is 0 Å². The van der Waals surface area contributed by atoms with E-state index < -0.39 is 15.6 Å². The molecule has 0 saturated carbocycles. The van der Waals surface area contributed by atoms with E-state index in [9.17, 15) is 18.0 Å². The molecule has 2 aliphatic heterocycles. The van der Waals surface area contributed by atoms with Crippen LogP contribution < -0.4 is 14.8 Å². The number of carbonyl (C=O) groups is 2. The van der Waals surface area contributed by atoms with Crippen LogP contribution in [0.25, 0.3) is 10.9 Å². The number of para-hydroxylation sites is 1. The molecular formula is C32H43N5O6S. The molecule has 2 saturated heterocycles. The Morgan fingerprint density at radius 2 is 1.68 bits per heavy atom. The third-order valence-corrected chi connectivity index (χ3v) is 8.79. The molecule has 2 fully saturated rings. The van der Waals surface area contributed by atoms with Crippen LogP contribution in [-0.4, -0.2) is 78.9 Å². The van der Waals surface area contributed by atoms with E-state index in [0.717, 1.165) is 34.8 Å². The van der Waals surface area contributed by atoms with E-state index in [1.54, 1.807) is 11.0 Å².